The van der Waals surface area contributed by atoms with Crippen molar-refractivity contribution < 1.29 is 14.3 Å². The quantitative estimate of drug-likeness (QED) is 0.716. The smallest absolute Gasteiger partial charge is 0.336 e. The van der Waals surface area contributed by atoms with Crippen LogP contribution in [0.5, 0.6) is 0 Å². The largest absolute Gasteiger partial charge is 0.456 e. The summed E-state index contributed by atoms with van der Waals surface area (Å²) in [7, 11) is 0. The Balaban J connectivity index is 1.84. The van der Waals surface area contributed by atoms with E-state index in [0.29, 0.717) is 11.3 Å². The van der Waals surface area contributed by atoms with Gasteiger partial charge in [-0.2, -0.15) is 0 Å². The number of ether oxygens (including phenoxy) is 1. The molecule has 0 spiro atoms. The number of aryl methyl sites for hydroxylation is 1. The van der Waals surface area contributed by atoms with Crippen LogP contribution in [0.3, 0.4) is 0 Å². The highest BCUT2D eigenvalue weighted by molar-refractivity contribution is 9.10. The second kappa shape index (κ2) is 6.15. The Bertz CT molecular complexity index is 919. The van der Waals surface area contributed by atoms with Crippen molar-refractivity contribution in [3.63, 3.8) is 0 Å². The van der Waals surface area contributed by atoms with Gasteiger partial charge in [0.05, 0.1) is 11.3 Å². The van der Waals surface area contributed by atoms with Gasteiger partial charge in [0.25, 0.3) is 0 Å². The van der Waals surface area contributed by atoms with Gasteiger partial charge >= 0.3 is 5.97 Å². The van der Waals surface area contributed by atoms with Gasteiger partial charge in [0, 0.05) is 22.5 Å². The molecule has 2 heterocycles. The van der Waals surface area contributed by atoms with E-state index in [4.69, 9.17) is 4.74 Å². The van der Waals surface area contributed by atoms with Crippen LogP contribution < -0.4 is 4.90 Å². The molecule has 5 heteroatoms. The molecule has 0 radical (unpaired) electrons. The molecule has 2 aliphatic heterocycles. The van der Waals surface area contributed by atoms with Crippen LogP contribution >= 0.6 is 15.9 Å². The third-order valence-electron chi connectivity index (χ3n) is 4.63. The molecule has 0 fully saturated rings. The third-order valence-corrected chi connectivity index (χ3v) is 5.12. The summed E-state index contributed by atoms with van der Waals surface area (Å²) in [6, 6.07) is 15.5. The maximum absolute atomic E-state index is 12.9. The van der Waals surface area contributed by atoms with Crippen molar-refractivity contribution in [2.75, 3.05) is 11.5 Å². The monoisotopic (exact) mass is 397 g/mol. The minimum atomic E-state index is -0.325. The van der Waals surface area contributed by atoms with Gasteiger partial charge in [-0.3, -0.25) is 9.69 Å². The van der Waals surface area contributed by atoms with Crippen molar-refractivity contribution in [2.45, 2.75) is 19.3 Å². The molecule has 1 unspecified atom stereocenters. The second-order valence-corrected chi connectivity index (χ2v) is 7.23. The molecule has 4 nitrogen and oxygen atoms in total. The molecule has 0 bridgehead atoms. The highest BCUT2D eigenvalue weighted by Gasteiger charge is 2.42. The predicted octanol–water partition coefficient (Wildman–Crippen LogP) is 4.09. The van der Waals surface area contributed by atoms with Crippen molar-refractivity contribution in [1.29, 1.82) is 0 Å². The average Bonchev–Trinajstić information content (AvgIpc) is 2.96. The lowest BCUT2D eigenvalue weighted by Crippen LogP contribution is -2.37. The Labute approximate surface area is 154 Å². The number of anilines is 1. The molecule has 0 saturated heterocycles. The number of cyclic esters (lactones) is 1. The number of esters is 1. The summed E-state index contributed by atoms with van der Waals surface area (Å²) in [4.78, 5) is 27.0. The number of carbonyl (C=O) groups is 2. The zero-order valence-electron chi connectivity index (χ0n) is 13.7. The van der Waals surface area contributed by atoms with Crippen LogP contribution in [-0.4, -0.2) is 18.5 Å². The van der Waals surface area contributed by atoms with Crippen LogP contribution in [0.2, 0.25) is 0 Å². The van der Waals surface area contributed by atoms with E-state index in [1.54, 1.807) is 4.90 Å². The first-order valence-electron chi connectivity index (χ1n) is 8.10. The summed E-state index contributed by atoms with van der Waals surface area (Å²) in [6.45, 7) is 2.14. The highest BCUT2D eigenvalue weighted by atomic mass is 79.9. The molecule has 1 amide bonds. The van der Waals surface area contributed by atoms with Crippen LogP contribution in [0.25, 0.3) is 0 Å². The van der Waals surface area contributed by atoms with Crippen LogP contribution in [0, 0.1) is 6.92 Å². The molecule has 0 saturated carbocycles. The standard InChI is InChI=1S/C20H16BrNO3/c1-12-4-2-5-13(8-12)16-10-18(23)22(15-7-3-6-14(21)9-15)17-11-25-20(24)19(16)17/h2-9,16H,10-11H2,1H3. The van der Waals surface area contributed by atoms with E-state index in [0.717, 1.165) is 21.3 Å². The first-order valence-corrected chi connectivity index (χ1v) is 8.89. The first kappa shape index (κ1) is 16.1. The van der Waals surface area contributed by atoms with Gasteiger partial charge in [0.15, 0.2) is 0 Å². The van der Waals surface area contributed by atoms with Gasteiger partial charge in [-0.25, -0.2) is 4.79 Å². The second-order valence-electron chi connectivity index (χ2n) is 6.32. The van der Waals surface area contributed by atoms with E-state index in [1.165, 1.54) is 0 Å². The SMILES string of the molecule is Cc1cccc(C2CC(=O)N(c3cccc(Br)c3)C3=C2C(=O)OC3)c1. The summed E-state index contributed by atoms with van der Waals surface area (Å²) >= 11 is 3.44. The molecule has 4 rings (SSSR count). The minimum absolute atomic E-state index is 0.0262. The van der Waals surface area contributed by atoms with E-state index >= 15 is 0 Å². The number of halogens is 1. The predicted molar refractivity (Wildman–Crippen MR) is 98.2 cm³/mol. The Hall–Kier alpha value is -2.40. The van der Waals surface area contributed by atoms with Crippen molar-refractivity contribution >= 4 is 33.5 Å². The summed E-state index contributed by atoms with van der Waals surface area (Å²) < 4.78 is 6.17. The summed E-state index contributed by atoms with van der Waals surface area (Å²) in [5, 5.41) is 0. The molecule has 0 aliphatic carbocycles. The normalized spacial score (nSPS) is 19.9. The maximum Gasteiger partial charge on any atom is 0.336 e. The molecule has 25 heavy (non-hydrogen) atoms. The highest BCUT2D eigenvalue weighted by Crippen LogP contribution is 2.42. The van der Waals surface area contributed by atoms with Gasteiger partial charge in [-0.15, -0.1) is 0 Å². The fourth-order valence-corrected chi connectivity index (χ4v) is 3.93. The maximum atomic E-state index is 12.9. The Morgan fingerprint density at radius 3 is 2.68 bits per heavy atom. The zero-order chi connectivity index (χ0) is 17.6. The van der Waals surface area contributed by atoms with Crippen molar-refractivity contribution in [2.24, 2.45) is 0 Å². The number of amides is 1. The number of rotatable bonds is 2. The minimum Gasteiger partial charge on any atom is -0.456 e. The van der Waals surface area contributed by atoms with Gasteiger partial charge in [-0.1, -0.05) is 51.8 Å². The van der Waals surface area contributed by atoms with Crippen LogP contribution in [-0.2, 0) is 14.3 Å². The van der Waals surface area contributed by atoms with Gasteiger partial charge in [0.1, 0.15) is 6.61 Å². The zero-order valence-corrected chi connectivity index (χ0v) is 15.2. The molecule has 2 aliphatic rings. The molecule has 0 N–H and O–H groups in total. The number of carbonyl (C=O) groups excluding carboxylic acids is 2. The van der Waals surface area contributed by atoms with Crippen molar-refractivity contribution in [3.05, 3.63) is 75.4 Å². The number of hydrogen-bond donors (Lipinski definition) is 0. The summed E-state index contributed by atoms with van der Waals surface area (Å²) in [5.41, 5.74) is 4.09. The lowest BCUT2D eigenvalue weighted by Gasteiger charge is -2.32. The van der Waals surface area contributed by atoms with Crippen molar-refractivity contribution in [1.82, 2.24) is 0 Å². The third kappa shape index (κ3) is 2.78. The Morgan fingerprint density at radius 2 is 1.92 bits per heavy atom. The van der Waals surface area contributed by atoms with E-state index < -0.39 is 0 Å². The molecule has 2 aromatic carbocycles. The van der Waals surface area contributed by atoms with Crippen LogP contribution in [0.15, 0.2) is 64.3 Å². The lowest BCUT2D eigenvalue weighted by molar-refractivity contribution is -0.136. The van der Waals surface area contributed by atoms with E-state index in [-0.39, 0.29) is 30.8 Å². The lowest BCUT2D eigenvalue weighted by atomic mass is 9.83. The summed E-state index contributed by atoms with van der Waals surface area (Å²) in [5.74, 6) is -0.600. The molecule has 0 aromatic heterocycles. The number of hydrogen-bond acceptors (Lipinski definition) is 3. The fraction of sp³-hybridized carbons (Fsp3) is 0.200. The summed E-state index contributed by atoms with van der Waals surface area (Å²) in [6.07, 6.45) is 0.254. The molecular weight excluding hydrogens is 382 g/mol. The van der Waals surface area contributed by atoms with Crippen LogP contribution in [0.1, 0.15) is 23.5 Å². The van der Waals surface area contributed by atoms with Gasteiger partial charge in [0.2, 0.25) is 5.91 Å². The van der Waals surface area contributed by atoms with Gasteiger partial charge < -0.3 is 4.74 Å². The van der Waals surface area contributed by atoms with Gasteiger partial charge in [-0.05, 0) is 30.7 Å². The van der Waals surface area contributed by atoms with Crippen LogP contribution in [0.4, 0.5) is 5.69 Å². The molecule has 2 aromatic rings. The Kier molecular flexibility index (Phi) is 3.96. The number of nitrogens with zero attached hydrogens (tertiary/aromatic N) is 1. The Morgan fingerprint density at radius 1 is 1.12 bits per heavy atom. The number of benzene rings is 2. The van der Waals surface area contributed by atoms with E-state index in [9.17, 15) is 9.59 Å². The topological polar surface area (TPSA) is 46.6 Å². The first-order chi connectivity index (χ1) is 12.0. The molecular formula is C20H16BrNO3. The van der Waals surface area contributed by atoms with Crippen molar-refractivity contribution in [3.8, 4) is 0 Å². The van der Waals surface area contributed by atoms with E-state index in [1.807, 2.05) is 55.5 Å². The fourth-order valence-electron chi connectivity index (χ4n) is 3.54. The molecule has 1 atom stereocenters. The average molecular weight is 398 g/mol. The molecule has 126 valence electrons. The van der Waals surface area contributed by atoms with E-state index in [2.05, 4.69) is 15.9 Å².